The molecule has 0 fully saturated rings. The number of halogens is 1. The summed E-state index contributed by atoms with van der Waals surface area (Å²) in [7, 11) is -7.93. The van der Waals surface area contributed by atoms with Gasteiger partial charge < -0.3 is 5.32 Å². The van der Waals surface area contributed by atoms with Gasteiger partial charge >= 0.3 is 0 Å². The number of sulfonamides is 2. The van der Waals surface area contributed by atoms with Crippen molar-refractivity contribution in [2.75, 3.05) is 14.8 Å². The first-order valence-corrected chi connectivity index (χ1v) is 15.1. The van der Waals surface area contributed by atoms with Gasteiger partial charge in [0.15, 0.2) is 0 Å². The normalized spacial score (nSPS) is 11.6. The fourth-order valence-electron chi connectivity index (χ4n) is 3.67. The molecule has 0 radical (unpaired) electrons. The van der Waals surface area contributed by atoms with Crippen molar-refractivity contribution in [3.05, 3.63) is 112 Å². The average molecular weight is 584 g/mol. The van der Waals surface area contributed by atoms with Crippen LogP contribution >= 0.6 is 11.6 Å². The van der Waals surface area contributed by atoms with Gasteiger partial charge in [-0.2, -0.15) is 0 Å². The van der Waals surface area contributed by atoms with E-state index in [1.165, 1.54) is 42.5 Å². The van der Waals surface area contributed by atoms with Crippen LogP contribution in [-0.2, 0) is 20.0 Å². The SMILES string of the molecule is Cc1ccc(NS(=O)(=O)c2ccc(NC(=O)c3ccc(Cl)c(S(=O)(=O)Nc4cccc(C)c4C)c3)cc2)cc1. The van der Waals surface area contributed by atoms with Crippen LogP contribution in [0.3, 0.4) is 0 Å². The van der Waals surface area contributed by atoms with Crippen molar-refractivity contribution in [3.63, 3.8) is 0 Å². The molecule has 0 heterocycles. The largest absolute Gasteiger partial charge is 0.322 e. The predicted molar refractivity (Wildman–Crippen MR) is 155 cm³/mol. The summed E-state index contributed by atoms with van der Waals surface area (Å²) in [4.78, 5) is 12.7. The van der Waals surface area contributed by atoms with Crippen LogP contribution < -0.4 is 14.8 Å². The molecule has 202 valence electrons. The van der Waals surface area contributed by atoms with E-state index in [0.717, 1.165) is 16.7 Å². The molecule has 0 spiro atoms. The lowest BCUT2D eigenvalue weighted by atomic mass is 10.1. The maximum absolute atomic E-state index is 13.1. The molecular formula is C28H26ClN3O5S2. The number of anilines is 3. The van der Waals surface area contributed by atoms with Crippen molar-refractivity contribution in [2.45, 2.75) is 30.6 Å². The van der Waals surface area contributed by atoms with Gasteiger partial charge in [-0.05, 0) is 92.6 Å². The molecule has 0 saturated carbocycles. The van der Waals surface area contributed by atoms with E-state index in [-0.39, 0.29) is 20.4 Å². The van der Waals surface area contributed by atoms with Crippen LogP contribution in [0.5, 0.6) is 0 Å². The van der Waals surface area contributed by atoms with Crippen LogP contribution in [0, 0.1) is 20.8 Å². The monoisotopic (exact) mass is 583 g/mol. The third-order valence-electron chi connectivity index (χ3n) is 6.06. The van der Waals surface area contributed by atoms with Gasteiger partial charge in [0, 0.05) is 16.9 Å². The predicted octanol–water partition coefficient (Wildman–Crippen LogP) is 6.12. The number of nitrogens with one attached hydrogen (secondary N) is 3. The van der Waals surface area contributed by atoms with E-state index in [1.54, 1.807) is 43.3 Å². The summed E-state index contributed by atoms with van der Waals surface area (Å²) in [6, 6.07) is 21.7. The van der Waals surface area contributed by atoms with Gasteiger partial charge in [0.1, 0.15) is 4.90 Å². The van der Waals surface area contributed by atoms with Gasteiger partial charge in [-0.3, -0.25) is 14.2 Å². The molecular weight excluding hydrogens is 558 g/mol. The second-order valence-corrected chi connectivity index (χ2v) is 12.7. The van der Waals surface area contributed by atoms with E-state index < -0.39 is 26.0 Å². The molecule has 3 N–H and O–H groups in total. The van der Waals surface area contributed by atoms with Crippen LogP contribution in [0.15, 0.2) is 94.7 Å². The number of rotatable bonds is 8. The van der Waals surface area contributed by atoms with Gasteiger partial charge in [0.2, 0.25) is 0 Å². The molecule has 1 amide bonds. The van der Waals surface area contributed by atoms with E-state index in [2.05, 4.69) is 14.8 Å². The minimum atomic E-state index is -4.10. The summed E-state index contributed by atoms with van der Waals surface area (Å²) in [5, 5.41) is 2.60. The van der Waals surface area contributed by atoms with Crippen molar-refractivity contribution in [1.82, 2.24) is 0 Å². The zero-order valence-electron chi connectivity index (χ0n) is 21.3. The zero-order valence-corrected chi connectivity index (χ0v) is 23.7. The highest BCUT2D eigenvalue weighted by Gasteiger charge is 2.22. The highest BCUT2D eigenvalue weighted by atomic mass is 35.5. The Bertz CT molecular complexity index is 1750. The van der Waals surface area contributed by atoms with Crippen LogP contribution in [0.1, 0.15) is 27.0 Å². The minimum absolute atomic E-state index is 0.0125. The molecule has 0 saturated heterocycles. The molecule has 0 atom stereocenters. The molecule has 11 heteroatoms. The summed E-state index contributed by atoms with van der Waals surface area (Å²) in [6.07, 6.45) is 0. The first kappa shape index (κ1) is 28.2. The maximum Gasteiger partial charge on any atom is 0.263 e. The summed E-state index contributed by atoms with van der Waals surface area (Å²) in [6.45, 7) is 5.57. The smallest absolute Gasteiger partial charge is 0.263 e. The quantitative estimate of drug-likeness (QED) is 0.231. The Hall–Kier alpha value is -3.86. The topological polar surface area (TPSA) is 121 Å². The summed E-state index contributed by atoms with van der Waals surface area (Å²) in [5.74, 6) is -0.594. The Morgan fingerprint density at radius 1 is 0.718 bits per heavy atom. The minimum Gasteiger partial charge on any atom is -0.322 e. The van der Waals surface area contributed by atoms with Gasteiger partial charge in [0.05, 0.1) is 15.6 Å². The molecule has 4 rings (SSSR count). The maximum atomic E-state index is 13.1. The second-order valence-electron chi connectivity index (χ2n) is 8.95. The number of hydrogen-bond acceptors (Lipinski definition) is 5. The van der Waals surface area contributed by atoms with Gasteiger partial charge in [0.25, 0.3) is 26.0 Å². The number of carbonyl (C=O) groups is 1. The lowest BCUT2D eigenvalue weighted by Crippen LogP contribution is -2.17. The van der Waals surface area contributed by atoms with Crippen molar-refractivity contribution in [3.8, 4) is 0 Å². The van der Waals surface area contributed by atoms with Crippen LogP contribution in [0.2, 0.25) is 5.02 Å². The fraction of sp³-hybridized carbons (Fsp3) is 0.107. The average Bonchev–Trinajstić information content (AvgIpc) is 2.88. The van der Waals surface area contributed by atoms with Gasteiger partial charge in [-0.25, -0.2) is 16.8 Å². The molecule has 0 aliphatic heterocycles. The van der Waals surface area contributed by atoms with E-state index in [4.69, 9.17) is 11.6 Å². The molecule has 0 aromatic heterocycles. The van der Waals surface area contributed by atoms with Crippen molar-refractivity contribution in [2.24, 2.45) is 0 Å². The number of amides is 1. The van der Waals surface area contributed by atoms with Crippen LogP contribution in [0.4, 0.5) is 17.1 Å². The molecule has 4 aromatic rings. The van der Waals surface area contributed by atoms with E-state index in [0.29, 0.717) is 17.1 Å². The Morgan fingerprint density at radius 2 is 1.36 bits per heavy atom. The van der Waals surface area contributed by atoms with E-state index >= 15 is 0 Å². The molecule has 0 bridgehead atoms. The Balaban J connectivity index is 1.51. The van der Waals surface area contributed by atoms with E-state index in [9.17, 15) is 21.6 Å². The van der Waals surface area contributed by atoms with Crippen molar-refractivity contribution < 1.29 is 21.6 Å². The molecule has 0 unspecified atom stereocenters. The number of aryl methyl sites for hydroxylation is 2. The molecule has 39 heavy (non-hydrogen) atoms. The first-order chi connectivity index (χ1) is 18.4. The Morgan fingerprint density at radius 3 is 2.03 bits per heavy atom. The molecule has 8 nitrogen and oxygen atoms in total. The fourth-order valence-corrected chi connectivity index (χ4v) is 6.38. The molecule has 0 aliphatic rings. The number of benzene rings is 4. The molecule has 0 aliphatic carbocycles. The summed E-state index contributed by atoms with van der Waals surface area (Å²) in [5.41, 5.74) is 3.90. The lowest BCUT2D eigenvalue weighted by molar-refractivity contribution is 0.102. The van der Waals surface area contributed by atoms with Crippen LogP contribution in [0.25, 0.3) is 0 Å². The number of carbonyl (C=O) groups excluding carboxylic acids is 1. The zero-order chi connectivity index (χ0) is 28.4. The Labute approximate surface area is 233 Å². The van der Waals surface area contributed by atoms with Crippen LogP contribution in [-0.4, -0.2) is 22.7 Å². The molecule has 4 aromatic carbocycles. The lowest BCUT2D eigenvalue weighted by Gasteiger charge is -2.14. The highest BCUT2D eigenvalue weighted by Crippen LogP contribution is 2.28. The van der Waals surface area contributed by atoms with Gasteiger partial charge in [-0.1, -0.05) is 41.4 Å². The van der Waals surface area contributed by atoms with Gasteiger partial charge in [-0.15, -0.1) is 0 Å². The summed E-state index contributed by atoms with van der Waals surface area (Å²) >= 11 is 6.20. The summed E-state index contributed by atoms with van der Waals surface area (Å²) < 4.78 is 56.7. The van der Waals surface area contributed by atoms with Crippen molar-refractivity contribution >= 4 is 54.6 Å². The third-order valence-corrected chi connectivity index (χ3v) is 9.30. The highest BCUT2D eigenvalue weighted by molar-refractivity contribution is 7.93. The Kier molecular flexibility index (Phi) is 8.01. The first-order valence-electron chi connectivity index (χ1n) is 11.8. The number of hydrogen-bond donors (Lipinski definition) is 3. The van der Waals surface area contributed by atoms with Crippen molar-refractivity contribution in [1.29, 1.82) is 0 Å². The second kappa shape index (κ2) is 11.1. The van der Waals surface area contributed by atoms with E-state index in [1.807, 2.05) is 19.9 Å². The third kappa shape index (κ3) is 6.59. The standard InChI is InChI=1S/C28H26ClN3O5S2/c1-18-7-10-23(11-8-18)31-38(34,35)24-14-12-22(13-15-24)30-28(33)21-9-16-25(29)27(17-21)39(36,37)32-26-6-4-5-19(2)20(26)3/h4-17,31-32H,1-3H3,(H,30,33).